The molecule has 3 rings (SSSR count). The van der Waals surface area contributed by atoms with Crippen LogP contribution >= 0.6 is 27.3 Å². The summed E-state index contributed by atoms with van der Waals surface area (Å²) in [6.45, 7) is 0. The van der Waals surface area contributed by atoms with Crippen LogP contribution < -0.4 is 11.3 Å². The maximum absolute atomic E-state index is 12.3. The van der Waals surface area contributed by atoms with Gasteiger partial charge in [-0.15, -0.1) is 5.10 Å². The van der Waals surface area contributed by atoms with Gasteiger partial charge in [0.1, 0.15) is 5.56 Å². The van der Waals surface area contributed by atoms with E-state index in [4.69, 9.17) is 5.73 Å². The lowest BCUT2D eigenvalue weighted by Gasteiger charge is -2.05. The van der Waals surface area contributed by atoms with E-state index in [1.807, 2.05) is 6.07 Å². The Labute approximate surface area is 119 Å². The van der Waals surface area contributed by atoms with Crippen molar-refractivity contribution in [3.63, 3.8) is 0 Å². The highest BCUT2D eigenvalue weighted by Crippen LogP contribution is 2.31. The van der Waals surface area contributed by atoms with Gasteiger partial charge in [0.15, 0.2) is 0 Å². The van der Waals surface area contributed by atoms with Gasteiger partial charge in [0, 0.05) is 10.0 Å². The van der Waals surface area contributed by atoms with Crippen molar-refractivity contribution < 1.29 is 5.11 Å². The van der Waals surface area contributed by atoms with Crippen molar-refractivity contribution in [2.24, 2.45) is 0 Å². The molecule has 0 spiro atoms. The molecule has 0 radical (unpaired) electrons. The Kier molecular flexibility index (Phi) is 2.76. The molecule has 0 saturated carbocycles. The molecule has 0 aliphatic carbocycles. The molecule has 6 nitrogen and oxygen atoms in total. The van der Waals surface area contributed by atoms with E-state index < -0.39 is 5.56 Å². The highest BCUT2D eigenvalue weighted by Gasteiger charge is 2.18. The maximum Gasteiger partial charge on any atom is 0.287 e. The normalized spacial score (nSPS) is 11.0. The number of hydrogen-bond donors (Lipinski definition) is 2. The minimum absolute atomic E-state index is 0.0928. The SMILES string of the molecule is Nc1nn2c(=O)c(-c3ccccc3Br)c(O)nc2s1. The van der Waals surface area contributed by atoms with E-state index in [2.05, 4.69) is 26.0 Å². The van der Waals surface area contributed by atoms with Crippen molar-refractivity contribution in [2.45, 2.75) is 0 Å². The van der Waals surface area contributed by atoms with Crippen LogP contribution in [0.2, 0.25) is 0 Å². The fraction of sp³-hybridized carbons (Fsp3) is 0. The standard InChI is InChI=1S/C11H7BrN4O2S/c12-6-4-2-1-3-5(6)7-8(17)14-11-16(9(7)18)15-10(13)19-11/h1-4,17H,(H2,13,15). The number of fused-ring (bicyclic) bond motifs is 1. The van der Waals surface area contributed by atoms with E-state index in [-0.39, 0.29) is 21.5 Å². The lowest BCUT2D eigenvalue weighted by atomic mass is 10.1. The van der Waals surface area contributed by atoms with Crippen molar-refractivity contribution in [1.82, 2.24) is 14.6 Å². The first-order valence-corrected chi connectivity index (χ1v) is 6.82. The molecule has 3 aromatic rings. The summed E-state index contributed by atoms with van der Waals surface area (Å²) in [4.78, 5) is 16.6. The van der Waals surface area contributed by atoms with Crippen molar-refractivity contribution in [3.05, 3.63) is 39.1 Å². The molecule has 0 atom stereocenters. The minimum Gasteiger partial charge on any atom is -0.493 e. The molecular formula is C11H7BrN4O2S. The predicted molar refractivity (Wildman–Crippen MR) is 76.3 cm³/mol. The third kappa shape index (κ3) is 1.89. The summed E-state index contributed by atoms with van der Waals surface area (Å²) >= 11 is 4.38. The second-order valence-electron chi connectivity index (χ2n) is 3.73. The number of aromatic hydroxyl groups is 1. The molecular weight excluding hydrogens is 332 g/mol. The molecule has 0 saturated heterocycles. The van der Waals surface area contributed by atoms with Crippen molar-refractivity contribution in [1.29, 1.82) is 0 Å². The maximum atomic E-state index is 12.3. The molecule has 3 N–H and O–H groups in total. The monoisotopic (exact) mass is 338 g/mol. The van der Waals surface area contributed by atoms with E-state index in [1.165, 1.54) is 0 Å². The summed E-state index contributed by atoms with van der Waals surface area (Å²) < 4.78 is 1.78. The Bertz CT molecular complexity index is 842. The molecule has 2 heterocycles. The lowest BCUT2D eigenvalue weighted by molar-refractivity contribution is 0.455. The highest BCUT2D eigenvalue weighted by atomic mass is 79.9. The van der Waals surface area contributed by atoms with Crippen molar-refractivity contribution >= 4 is 37.4 Å². The van der Waals surface area contributed by atoms with Crippen LogP contribution in [0.25, 0.3) is 16.1 Å². The van der Waals surface area contributed by atoms with Gasteiger partial charge in [-0.2, -0.15) is 9.50 Å². The van der Waals surface area contributed by atoms with Gasteiger partial charge in [-0.05, 0) is 6.07 Å². The summed E-state index contributed by atoms with van der Waals surface area (Å²) in [5.41, 5.74) is 5.74. The third-order valence-corrected chi connectivity index (χ3v) is 3.98. The zero-order valence-corrected chi connectivity index (χ0v) is 11.8. The van der Waals surface area contributed by atoms with Gasteiger partial charge >= 0.3 is 0 Å². The van der Waals surface area contributed by atoms with Crippen LogP contribution in [0, 0.1) is 0 Å². The van der Waals surface area contributed by atoms with Crippen molar-refractivity contribution in [3.8, 4) is 17.0 Å². The number of halogens is 1. The van der Waals surface area contributed by atoms with Gasteiger partial charge in [0.05, 0.1) is 0 Å². The van der Waals surface area contributed by atoms with Crippen LogP contribution in [0.3, 0.4) is 0 Å². The quantitative estimate of drug-likeness (QED) is 0.706. The third-order valence-electron chi connectivity index (χ3n) is 2.55. The number of hydrogen-bond acceptors (Lipinski definition) is 6. The van der Waals surface area contributed by atoms with E-state index in [1.54, 1.807) is 18.2 Å². The predicted octanol–water partition coefficient (Wildman–Crippen LogP) is 1.87. The average Bonchev–Trinajstić information content (AvgIpc) is 2.72. The van der Waals surface area contributed by atoms with Gasteiger partial charge in [0.2, 0.25) is 16.0 Å². The van der Waals surface area contributed by atoms with Crippen LogP contribution in [0.1, 0.15) is 0 Å². The first-order chi connectivity index (χ1) is 9.08. The van der Waals surface area contributed by atoms with E-state index in [9.17, 15) is 9.90 Å². The Hall–Kier alpha value is -1.93. The summed E-state index contributed by atoms with van der Waals surface area (Å²) in [7, 11) is 0. The van der Waals surface area contributed by atoms with Gasteiger partial charge in [-0.25, -0.2) is 0 Å². The molecule has 0 aliphatic heterocycles. The number of nitrogens with two attached hydrogens (primary N) is 1. The first kappa shape index (κ1) is 12.1. The summed E-state index contributed by atoms with van der Waals surface area (Å²) in [6.07, 6.45) is 0. The number of nitrogens with zero attached hydrogens (tertiary/aromatic N) is 3. The van der Waals surface area contributed by atoms with Gasteiger partial charge in [-0.3, -0.25) is 4.79 Å². The average molecular weight is 339 g/mol. The molecule has 0 fully saturated rings. The molecule has 0 unspecified atom stereocenters. The molecule has 0 bridgehead atoms. The number of benzene rings is 1. The Morgan fingerprint density at radius 3 is 2.84 bits per heavy atom. The zero-order chi connectivity index (χ0) is 13.6. The lowest BCUT2D eigenvalue weighted by Crippen LogP contribution is -2.17. The molecule has 0 aliphatic rings. The van der Waals surface area contributed by atoms with Gasteiger partial charge < -0.3 is 10.8 Å². The number of nitrogen functional groups attached to an aromatic ring is 1. The van der Waals surface area contributed by atoms with Crippen LogP contribution in [0.15, 0.2) is 33.5 Å². The zero-order valence-electron chi connectivity index (χ0n) is 9.37. The fourth-order valence-corrected chi connectivity index (χ4v) is 2.88. The molecule has 2 aromatic heterocycles. The van der Waals surface area contributed by atoms with E-state index >= 15 is 0 Å². The van der Waals surface area contributed by atoms with Gasteiger partial charge in [-0.1, -0.05) is 45.5 Å². The largest absolute Gasteiger partial charge is 0.493 e. The van der Waals surface area contributed by atoms with Crippen LogP contribution in [-0.2, 0) is 0 Å². The number of aromatic nitrogens is 3. The Morgan fingerprint density at radius 2 is 2.11 bits per heavy atom. The van der Waals surface area contributed by atoms with E-state index in [0.29, 0.717) is 10.0 Å². The fourth-order valence-electron chi connectivity index (χ4n) is 1.75. The number of anilines is 1. The topological polar surface area (TPSA) is 93.5 Å². The minimum atomic E-state index is -0.456. The first-order valence-electron chi connectivity index (χ1n) is 5.21. The molecule has 96 valence electrons. The molecule has 19 heavy (non-hydrogen) atoms. The second-order valence-corrected chi connectivity index (χ2v) is 5.57. The van der Waals surface area contributed by atoms with Crippen molar-refractivity contribution in [2.75, 3.05) is 5.73 Å². The number of rotatable bonds is 1. The molecule has 0 amide bonds. The highest BCUT2D eigenvalue weighted by molar-refractivity contribution is 9.10. The Balaban J connectivity index is 2.42. The summed E-state index contributed by atoms with van der Waals surface area (Å²) in [5, 5.41) is 14.1. The van der Waals surface area contributed by atoms with Crippen LogP contribution in [0.4, 0.5) is 5.13 Å². The second kappa shape index (κ2) is 4.32. The molecule has 1 aromatic carbocycles. The van der Waals surface area contributed by atoms with E-state index in [0.717, 1.165) is 15.9 Å². The summed E-state index contributed by atoms with van der Waals surface area (Å²) in [5.74, 6) is -0.333. The van der Waals surface area contributed by atoms with Gasteiger partial charge in [0.25, 0.3) is 5.56 Å². The summed E-state index contributed by atoms with van der Waals surface area (Å²) in [6, 6.07) is 7.07. The van der Waals surface area contributed by atoms with Crippen LogP contribution in [0.5, 0.6) is 5.88 Å². The smallest absolute Gasteiger partial charge is 0.287 e. The Morgan fingerprint density at radius 1 is 1.37 bits per heavy atom. The van der Waals surface area contributed by atoms with Crippen LogP contribution in [-0.4, -0.2) is 19.7 Å². The molecule has 8 heteroatoms.